The summed E-state index contributed by atoms with van der Waals surface area (Å²) in [5, 5.41) is -4.52. The quantitative estimate of drug-likeness (QED) is 0.711. The van der Waals surface area contributed by atoms with E-state index in [1.807, 2.05) is 0 Å². The van der Waals surface area contributed by atoms with E-state index in [4.69, 9.17) is 0 Å². The summed E-state index contributed by atoms with van der Waals surface area (Å²) < 4.78 is 60.3. The summed E-state index contributed by atoms with van der Waals surface area (Å²) in [4.78, 5) is 11.8. The second-order valence-electron chi connectivity index (χ2n) is 5.46. The Labute approximate surface area is 98.1 Å². The molecule has 7 heteroatoms. The first-order valence-electron chi connectivity index (χ1n) is 5.35. The topological polar surface area (TPSA) is 74.3 Å². The van der Waals surface area contributed by atoms with E-state index in [9.17, 15) is 26.5 Å². The van der Waals surface area contributed by atoms with Gasteiger partial charge in [-0.2, -0.15) is 8.78 Å². The molecule has 0 aliphatic heterocycles. The highest BCUT2D eigenvalue weighted by Crippen LogP contribution is 2.70. The van der Waals surface area contributed by atoms with Gasteiger partial charge < -0.3 is 4.55 Å². The summed E-state index contributed by atoms with van der Waals surface area (Å²) in [7, 11) is -5.84. The molecule has 0 aromatic heterocycles. The summed E-state index contributed by atoms with van der Waals surface area (Å²) in [5.41, 5.74) is -3.48. The highest BCUT2D eigenvalue weighted by molar-refractivity contribution is 7.86. The Morgan fingerprint density at radius 1 is 1.41 bits per heavy atom. The van der Waals surface area contributed by atoms with Crippen LogP contribution in [-0.4, -0.2) is 24.0 Å². The SMILES string of the molecule is CC1(C)C2CCC1(C(F)(F)S(=O)(=O)[O-])C(=O)C2. The minimum Gasteiger partial charge on any atom is -0.743 e. The van der Waals surface area contributed by atoms with Gasteiger partial charge in [-0.15, -0.1) is 0 Å². The van der Waals surface area contributed by atoms with Gasteiger partial charge in [-0.3, -0.25) is 4.79 Å². The number of hydrogen-bond acceptors (Lipinski definition) is 4. The number of carbonyl (C=O) groups is 1. The molecule has 0 saturated heterocycles. The van der Waals surface area contributed by atoms with Crippen LogP contribution in [-0.2, 0) is 14.9 Å². The molecular formula is C10H13F2O4S-. The van der Waals surface area contributed by atoms with Crippen molar-refractivity contribution in [1.82, 2.24) is 0 Å². The average molecular weight is 267 g/mol. The molecular weight excluding hydrogens is 254 g/mol. The number of alkyl halides is 2. The van der Waals surface area contributed by atoms with Gasteiger partial charge in [0.2, 0.25) is 0 Å². The zero-order valence-electron chi connectivity index (χ0n) is 9.50. The van der Waals surface area contributed by atoms with Gasteiger partial charge in [0.05, 0.1) is 0 Å². The first kappa shape index (κ1) is 12.9. The lowest BCUT2D eigenvalue weighted by Gasteiger charge is -2.42. The van der Waals surface area contributed by atoms with Gasteiger partial charge in [0, 0.05) is 6.42 Å². The molecule has 0 amide bonds. The Bertz CT molecular complexity index is 483. The van der Waals surface area contributed by atoms with Gasteiger partial charge in [0.25, 0.3) is 0 Å². The number of ketones is 1. The van der Waals surface area contributed by atoms with E-state index in [0.717, 1.165) is 0 Å². The Hall–Kier alpha value is -0.560. The molecule has 2 unspecified atom stereocenters. The summed E-state index contributed by atoms with van der Waals surface area (Å²) in [6, 6.07) is 0. The maximum atomic E-state index is 13.9. The zero-order chi connectivity index (χ0) is 13.3. The minimum absolute atomic E-state index is 0.0574. The lowest BCUT2D eigenvalue weighted by atomic mass is 9.69. The molecule has 0 spiro atoms. The van der Waals surface area contributed by atoms with Crippen molar-refractivity contribution in [3.63, 3.8) is 0 Å². The summed E-state index contributed by atoms with van der Waals surface area (Å²) in [6.07, 6.45) is 0.0833. The lowest BCUT2D eigenvalue weighted by Crippen LogP contribution is -2.55. The second-order valence-corrected chi connectivity index (χ2v) is 6.88. The summed E-state index contributed by atoms with van der Waals surface area (Å²) >= 11 is 0. The van der Waals surface area contributed by atoms with Crippen molar-refractivity contribution >= 4 is 15.9 Å². The van der Waals surface area contributed by atoms with Crippen LogP contribution in [0.2, 0.25) is 0 Å². The van der Waals surface area contributed by atoms with Gasteiger partial charge in [-0.1, -0.05) is 13.8 Å². The number of fused-ring (bicyclic) bond motifs is 2. The van der Waals surface area contributed by atoms with Crippen molar-refractivity contribution in [3.05, 3.63) is 0 Å². The standard InChI is InChI=1S/C10H14F2O4S/c1-8(2)6-3-4-9(8,7(13)5-6)10(11,12)17(14,15)16/h6H,3-5H2,1-2H3,(H,14,15,16)/p-1. The monoisotopic (exact) mass is 267 g/mol. The molecule has 4 nitrogen and oxygen atoms in total. The second kappa shape index (κ2) is 3.06. The smallest absolute Gasteiger partial charge is 0.347 e. The van der Waals surface area contributed by atoms with Crippen molar-refractivity contribution in [2.24, 2.45) is 16.7 Å². The molecule has 2 aliphatic carbocycles. The van der Waals surface area contributed by atoms with Gasteiger partial charge in [-0.05, 0) is 24.2 Å². The van der Waals surface area contributed by atoms with Crippen molar-refractivity contribution < 1.29 is 26.5 Å². The van der Waals surface area contributed by atoms with Gasteiger partial charge in [-0.25, -0.2) is 8.42 Å². The van der Waals surface area contributed by atoms with Crippen molar-refractivity contribution in [2.45, 2.75) is 38.4 Å². The molecule has 0 aromatic carbocycles. The van der Waals surface area contributed by atoms with Crippen molar-refractivity contribution in [2.75, 3.05) is 0 Å². The van der Waals surface area contributed by atoms with Crippen molar-refractivity contribution in [1.29, 1.82) is 0 Å². The van der Waals surface area contributed by atoms with Crippen molar-refractivity contribution in [3.8, 4) is 0 Å². The molecule has 2 saturated carbocycles. The van der Waals surface area contributed by atoms with Gasteiger partial charge >= 0.3 is 5.25 Å². The molecule has 98 valence electrons. The molecule has 0 N–H and O–H groups in total. The van der Waals surface area contributed by atoms with Gasteiger partial charge in [0.15, 0.2) is 10.1 Å². The van der Waals surface area contributed by atoms with E-state index in [-0.39, 0.29) is 18.8 Å². The number of hydrogen-bond donors (Lipinski definition) is 0. The predicted octanol–water partition coefficient (Wildman–Crippen LogP) is 1.52. The predicted molar refractivity (Wildman–Crippen MR) is 53.2 cm³/mol. The van der Waals surface area contributed by atoms with Crippen LogP contribution in [0.15, 0.2) is 0 Å². The van der Waals surface area contributed by atoms with Crippen LogP contribution in [0, 0.1) is 16.7 Å². The van der Waals surface area contributed by atoms with E-state index in [0.29, 0.717) is 6.42 Å². The third kappa shape index (κ3) is 1.19. The molecule has 2 atom stereocenters. The molecule has 2 aliphatic rings. The van der Waals surface area contributed by atoms with E-state index in [1.165, 1.54) is 13.8 Å². The van der Waals surface area contributed by atoms with E-state index in [1.54, 1.807) is 0 Å². The molecule has 2 fully saturated rings. The Kier molecular flexibility index (Phi) is 2.32. The zero-order valence-corrected chi connectivity index (χ0v) is 10.3. The molecule has 0 heterocycles. The molecule has 17 heavy (non-hydrogen) atoms. The summed E-state index contributed by atoms with van der Waals surface area (Å²) in [6.45, 7) is 2.91. The third-order valence-electron chi connectivity index (χ3n) is 4.71. The first-order valence-corrected chi connectivity index (χ1v) is 6.76. The highest BCUT2D eigenvalue weighted by Gasteiger charge is 2.76. The first-order chi connectivity index (χ1) is 7.48. The van der Waals surface area contributed by atoms with Crippen LogP contribution in [0.4, 0.5) is 8.78 Å². The Morgan fingerprint density at radius 3 is 2.24 bits per heavy atom. The fraction of sp³-hybridized carbons (Fsp3) is 0.900. The van der Waals surface area contributed by atoms with Crippen LogP contribution in [0.1, 0.15) is 33.1 Å². The molecule has 2 bridgehead atoms. The average Bonchev–Trinajstić information content (AvgIpc) is 2.48. The fourth-order valence-electron chi connectivity index (χ4n) is 3.57. The minimum atomic E-state index is -5.84. The number of halogens is 2. The number of rotatable bonds is 2. The Balaban J connectivity index is 2.68. The largest absolute Gasteiger partial charge is 0.743 e. The molecule has 0 radical (unpaired) electrons. The maximum Gasteiger partial charge on any atom is 0.347 e. The number of Topliss-reactive ketones (excluding diaryl/α,β-unsaturated/α-hetero) is 1. The third-order valence-corrected chi connectivity index (χ3v) is 5.68. The van der Waals surface area contributed by atoms with Crippen LogP contribution < -0.4 is 0 Å². The van der Waals surface area contributed by atoms with Crippen LogP contribution in [0.3, 0.4) is 0 Å². The number of carbonyl (C=O) groups excluding carboxylic acids is 1. The van der Waals surface area contributed by atoms with E-state index >= 15 is 0 Å². The van der Waals surface area contributed by atoms with Crippen LogP contribution in [0.5, 0.6) is 0 Å². The molecule has 0 aromatic rings. The molecule has 2 rings (SSSR count). The fourth-order valence-corrected chi connectivity index (χ4v) is 4.48. The van der Waals surface area contributed by atoms with E-state index < -0.39 is 32.0 Å². The maximum absolute atomic E-state index is 13.9. The Morgan fingerprint density at radius 2 is 1.94 bits per heavy atom. The van der Waals surface area contributed by atoms with Gasteiger partial charge in [0.1, 0.15) is 11.2 Å². The normalized spacial score (nSPS) is 36.5. The van der Waals surface area contributed by atoms with E-state index in [2.05, 4.69) is 0 Å². The summed E-state index contributed by atoms with van der Waals surface area (Å²) in [5.74, 6) is -1.05. The lowest BCUT2D eigenvalue weighted by molar-refractivity contribution is -0.150. The van der Waals surface area contributed by atoms with Crippen LogP contribution in [0.25, 0.3) is 0 Å². The highest BCUT2D eigenvalue weighted by atomic mass is 32.2. The van der Waals surface area contributed by atoms with Crippen LogP contribution >= 0.6 is 0 Å².